The Balaban J connectivity index is 1.86. The third-order valence-corrected chi connectivity index (χ3v) is 4.37. The highest BCUT2D eigenvalue weighted by Gasteiger charge is 2.40. The fraction of sp³-hybridized carbons (Fsp3) is 0.562. The van der Waals surface area contributed by atoms with Gasteiger partial charge in [-0.05, 0) is 19.8 Å². The smallest absolute Gasteiger partial charge is 0.308 e. The molecule has 0 aromatic carbocycles. The maximum atomic E-state index is 14.2. The van der Waals surface area contributed by atoms with Crippen molar-refractivity contribution in [2.24, 2.45) is 5.92 Å². The third kappa shape index (κ3) is 3.11. The van der Waals surface area contributed by atoms with Crippen LogP contribution in [0.4, 0.5) is 10.3 Å². The van der Waals surface area contributed by atoms with Crippen LogP contribution in [0.15, 0.2) is 11.0 Å². The zero-order valence-electron chi connectivity index (χ0n) is 14.3. The Bertz CT molecular complexity index is 875. The van der Waals surface area contributed by atoms with Crippen LogP contribution < -0.4 is 11.3 Å². The summed E-state index contributed by atoms with van der Waals surface area (Å²) in [5.41, 5.74) is 4.16. The molecular formula is C16H21FN4O4. The van der Waals surface area contributed by atoms with Crippen LogP contribution in [0.3, 0.4) is 0 Å². The summed E-state index contributed by atoms with van der Waals surface area (Å²) in [4.78, 5) is 29.9. The molecule has 0 bridgehead atoms. The molecule has 1 aliphatic heterocycles. The van der Waals surface area contributed by atoms with Crippen molar-refractivity contribution >= 4 is 23.0 Å². The van der Waals surface area contributed by atoms with Crippen LogP contribution >= 0.6 is 0 Å². The number of H-pyrrole nitrogens is 1. The number of anilines is 1. The molecule has 1 unspecified atom stereocenters. The second kappa shape index (κ2) is 6.14. The number of ether oxygens (including phenoxy) is 2. The predicted molar refractivity (Wildman–Crippen MR) is 88.3 cm³/mol. The van der Waals surface area contributed by atoms with Crippen molar-refractivity contribution in [1.29, 1.82) is 0 Å². The van der Waals surface area contributed by atoms with Crippen LogP contribution in [0.1, 0.15) is 33.6 Å². The lowest BCUT2D eigenvalue weighted by atomic mass is 10.1. The van der Waals surface area contributed by atoms with E-state index in [1.54, 1.807) is 20.8 Å². The first-order valence-electron chi connectivity index (χ1n) is 8.12. The van der Waals surface area contributed by atoms with E-state index in [4.69, 9.17) is 15.2 Å². The average Bonchev–Trinajstić information content (AvgIpc) is 3.06. The fourth-order valence-corrected chi connectivity index (χ4v) is 3.01. The minimum atomic E-state index is -0.912. The van der Waals surface area contributed by atoms with Crippen LogP contribution in [0.25, 0.3) is 11.0 Å². The Morgan fingerprint density at radius 3 is 3.04 bits per heavy atom. The van der Waals surface area contributed by atoms with Crippen molar-refractivity contribution in [2.75, 3.05) is 12.3 Å². The number of carbonyl (C=O) groups excluding carboxylic acids is 1. The second-order valence-electron chi connectivity index (χ2n) is 6.74. The molecule has 3 rings (SSSR count). The summed E-state index contributed by atoms with van der Waals surface area (Å²) in [5.74, 6) is -1.30. The lowest BCUT2D eigenvalue weighted by Gasteiger charge is -2.27. The van der Waals surface area contributed by atoms with Crippen molar-refractivity contribution in [2.45, 2.75) is 45.4 Å². The van der Waals surface area contributed by atoms with Crippen molar-refractivity contribution in [1.82, 2.24) is 14.5 Å². The van der Waals surface area contributed by atoms with Crippen LogP contribution in [-0.2, 0) is 20.0 Å². The molecule has 25 heavy (non-hydrogen) atoms. The van der Waals surface area contributed by atoms with E-state index < -0.39 is 17.1 Å². The van der Waals surface area contributed by atoms with E-state index in [9.17, 15) is 14.0 Å². The fourth-order valence-electron chi connectivity index (χ4n) is 3.01. The van der Waals surface area contributed by atoms with Gasteiger partial charge in [-0.1, -0.05) is 13.8 Å². The number of rotatable bonds is 4. The van der Waals surface area contributed by atoms with Gasteiger partial charge in [-0.15, -0.1) is 0 Å². The molecule has 2 aromatic rings. The van der Waals surface area contributed by atoms with Crippen molar-refractivity contribution in [3.63, 3.8) is 0 Å². The number of aromatic amines is 1. The molecule has 3 heterocycles. The standard InChI is InChI=1S/C16H21FN4O4/c1-8(2)14(23)24-7-9-4-5-16(3,25-9)21-6-10(17)11-12(21)19-15(18)20-13(11)22/h6,8-9H,4-5,7H2,1-3H3,(H3,18,19,20,22)/t9?,16-/m1/s1. The maximum absolute atomic E-state index is 14.2. The van der Waals surface area contributed by atoms with E-state index in [1.165, 1.54) is 10.8 Å². The summed E-state index contributed by atoms with van der Waals surface area (Å²) in [5, 5.41) is -0.159. The highest BCUT2D eigenvalue weighted by molar-refractivity contribution is 5.77. The Hall–Kier alpha value is -2.42. The molecule has 0 saturated carbocycles. The highest BCUT2D eigenvalue weighted by atomic mass is 19.1. The number of fused-ring (bicyclic) bond motifs is 1. The maximum Gasteiger partial charge on any atom is 0.308 e. The molecule has 0 radical (unpaired) electrons. The molecular weight excluding hydrogens is 331 g/mol. The zero-order valence-corrected chi connectivity index (χ0v) is 14.3. The van der Waals surface area contributed by atoms with Gasteiger partial charge in [0.15, 0.2) is 11.5 Å². The molecule has 1 aliphatic rings. The minimum Gasteiger partial charge on any atom is -0.463 e. The molecule has 1 fully saturated rings. The Morgan fingerprint density at radius 1 is 1.64 bits per heavy atom. The molecule has 9 heteroatoms. The Kier molecular flexibility index (Phi) is 4.28. The molecule has 0 amide bonds. The summed E-state index contributed by atoms with van der Waals surface area (Å²) >= 11 is 0. The summed E-state index contributed by atoms with van der Waals surface area (Å²) in [7, 11) is 0. The van der Waals surface area contributed by atoms with Gasteiger partial charge in [-0.25, -0.2) is 4.39 Å². The summed E-state index contributed by atoms with van der Waals surface area (Å²) in [6, 6.07) is 0. The number of halogens is 1. The number of nitrogens with two attached hydrogens (primary N) is 1. The first-order chi connectivity index (χ1) is 11.7. The molecule has 0 spiro atoms. The quantitative estimate of drug-likeness (QED) is 0.807. The Morgan fingerprint density at radius 2 is 2.36 bits per heavy atom. The molecule has 3 N–H and O–H groups in total. The highest BCUT2D eigenvalue weighted by Crippen LogP contribution is 2.37. The second-order valence-corrected chi connectivity index (χ2v) is 6.74. The van der Waals surface area contributed by atoms with Crippen LogP contribution in [0.2, 0.25) is 0 Å². The molecule has 2 aromatic heterocycles. The van der Waals surface area contributed by atoms with Gasteiger partial charge < -0.3 is 19.8 Å². The number of nitrogens with one attached hydrogen (secondary N) is 1. The number of carbonyl (C=O) groups is 1. The van der Waals surface area contributed by atoms with Crippen LogP contribution in [0, 0.1) is 11.7 Å². The SMILES string of the molecule is CC(C)C(=O)OCC1CC[C@](C)(n2cc(F)c3c(=O)[nH]c(N)nc32)O1. The first-order valence-corrected chi connectivity index (χ1v) is 8.12. The van der Waals surface area contributed by atoms with E-state index in [1.807, 2.05) is 0 Å². The van der Waals surface area contributed by atoms with E-state index in [2.05, 4.69) is 9.97 Å². The van der Waals surface area contributed by atoms with Gasteiger partial charge in [0.2, 0.25) is 5.95 Å². The van der Waals surface area contributed by atoms with Gasteiger partial charge >= 0.3 is 5.97 Å². The first kappa shape index (κ1) is 17.4. The number of esters is 1. The van der Waals surface area contributed by atoms with E-state index in [-0.39, 0.29) is 41.6 Å². The number of nitrogens with zero attached hydrogens (tertiary/aromatic N) is 2. The molecule has 2 atom stereocenters. The van der Waals surface area contributed by atoms with Gasteiger partial charge in [0.1, 0.15) is 17.7 Å². The summed E-state index contributed by atoms with van der Waals surface area (Å²) in [6.07, 6.45) is 2.05. The average molecular weight is 352 g/mol. The monoisotopic (exact) mass is 352 g/mol. The molecule has 1 saturated heterocycles. The lowest BCUT2D eigenvalue weighted by molar-refractivity contribution is -0.156. The molecule has 0 aliphatic carbocycles. The largest absolute Gasteiger partial charge is 0.463 e. The van der Waals surface area contributed by atoms with Gasteiger partial charge in [0.05, 0.1) is 12.0 Å². The van der Waals surface area contributed by atoms with Crippen molar-refractivity contribution in [3.05, 3.63) is 22.4 Å². The zero-order chi connectivity index (χ0) is 18.4. The van der Waals surface area contributed by atoms with Crippen molar-refractivity contribution in [3.8, 4) is 0 Å². The Labute approximate surface area is 143 Å². The predicted octanol–water partition coefficient (Wildman–Crippen LogP) is 1.50. The number of hydrogen-bond acceptors (Lipinski definition) is 6. The molecule has 8 nitrogen and oxygen atoms in total. The van der Waals surface area contributed by atoms with Crippen LogP contribution in [-0.4, -0.2) is 33.2 Å². The number of hydrogen-bond donors (Lipinski definition) is 2. The van der Waals surface area contributed by atoms with Gasteiger partial charge in [0.25, 0.3) is 5.56 Å². The van der Waals surface area contributed by atoms with E-state index >= 15 is 0 Å². The number of nitrogen functional groups attached to an aromatic ring is 1. The van der Waals surface area contributed by atoms with Gasteiger partial charge in [-0.2, -0.15) is 4.98 Å². The topological polar surface area (TPSA) is 112 Å². The van der Waals surface area contributed by atoms with E-state index in [0.717, 1.165) is 0 Å². The third-order valence-electron chi connectivity index (χ3n) is 4.37. The summed E-state index contributed by atoms with van der Waals surface area (Å²) in [6.45, 7) is 5.41. The van der Waals surface area contributed by atoms with Gasteiger partial charge in [-0.3, -0.25) is 14.6 Å². The van der Waals surface area contributed by atoms with E-state index in [0.29, 0.717) is 12.8 Å². The van der Waals surface area contributed by atoms with Crippen LogP contribution in [0.5, 0.6) is 0 Å². The minimum absolute atomic E-state index is 0.0964. The summed E-state index contributed by atoms with van der Waals surface area (Å²) < 4.78 is 26.9. The number of aromatic nitrogens is 3. The van der Waals surface area contributed by atoms with Gasteiger partial charge in [0, 0.05) is 6.20 Å². The lowest BCUT2D eigenvalue weighted by Crippen LogP contribution is -2.31. The normalized spacial score (nSPS) is 23.5. The van der Waals surface area contributed by atoms with Crippen molar-refractivity contribution < 1.29 is 18.7 Å². The molecule has 136 valence electrons.